The van der Waals surface area contributed by atoms with Crippen molar-refractivity contribution < 1.29 is 19.1 Å². The number of esters is 1. The molecule has 1 amide bonds. The lowest BCUT2D eigenvalue weighted by Gasteiger charge is -2.18. The number of ketones is 1. The first-order chi connectivity index (χ1) is 14.2. The van der Waals surface area contributed by atoms with Crippen molar-refractivity contribution in [2.24, 2.45) is 0 Å². The van der Waals surface area contributed by atoms with Crippen molar-refractivity contribution in [1.29, 1.82) is 0 Å². The van der Waals surface area contributed by atoms with Gasteiger partial charge >= 0.3 is 5.97 Å². The Labute approximate surface area is 186 Å². The lowest BCUT2D eigenvalue weighted by Crippen LogP contribution is -2.42. The van der Waals surface area contributed by atoms with Gasteiger partial charge in [-0.15, -0.1) is 0 Å². The van der Waals surface area contributed by atoms with Crippen molar-refractivity contribution in [1.82, 2.24) is 5.32 Å². The fourth-order valence-electron chi connectivity index (χ4n) is 3.30. The number of thioether (sulfide) groups is 1. The summed E-state index contributed by atoms with van der Waals surface area (Å²) in [5.41, 5.74) is 3.61. The Morgan fingerprint density at radius 2 is 1.73 bits per heavy atom. The number of hydrogen-bond acceptors (Lipinski definition) is 5. The molecule has 0 saturated heterocycles. The summed E-state index contributed by atoms with van der Waals surface area (Å²) < 4.78 is 5.28. The van der Waals surface area contributed by atoms with E-state index in [2.05, 4.69) is 5.32 Å². The number of ether oxygens (including phenoxy) is 1. The Kier molecular flexibility index (Phi) is 8.93. The molecule has 0 saturated carbocycles. The van der Waals surface area contributed by atoms with Gasteiger partial charge in [-0.1, -0.05) is 41.4 Å². The van der Waals surface area contributed by atoms with Gasteiger partial charge in [0.05, 0.1) is 10.6 Å². The minimum Gasteiger partial charge on any atom is -0.456 e. The van der Waals surface area contributed by atoms with Crippen molar-refractivity contribution >= 4 is 41.0 Å². The Hall–Kier alpha value is -2.31. The number of halogens is 1. The number of aryl methyl sites for hydroxylation is 3. The maximum absolute atomic E-state index is 12.6. The van der Waals surface area contributed by atoms with E-state index in [-0.39, 0.29) is 18.0 Å². The third kappa shape index (κ3) is 6.34. The Morgan fingerprint density at radius 3 is 2.33 bits per heavy atom. The van der Waals surface area contributed by atoms with Crippen molar-refractivity contribution in [2.45, 2.75) is 33.2 Å². The van der Waals surface area contributed by atoms with Crippen molar-refractivity contribution in [3.63, 3.8) is 0 Å². The lowest BCUT2D eigenvalue weighted by molar-refractivity contribution is -0.144. The molecule has 7 heteroatoms. The molecule has 0 fully saturated rings. The van der Waals surface area contributed by atoms with Crippen LogP contribution in [0.2, 0.25) is 5.02 Å². The normalized spacial score (nSPS) is 11.6. The number of Topliss-reactive ketones (excluding diaryl/α,β-unsaturated/α-hetero) is 1. The molecule has 0 aliphatic rings. The second-order valence-electron chi connectivity index (χ2n) is 7.09. The lowest BCUT2D eigenvalue weighted by atomic mass is 9.97. The van der Waals surface area contributed by atoms with Gasteiger partial charge in [-0.25, -0.2) is 4.79 Å². The molecule has 1 unspecified atom stereocenters. The molecular formula is C23H26ClNO4S. The number of rotatable bonds is 9. The standard InChI is InChI=1S/C23H26ClNO4S/c1-14-11-15(2)21(16(3)12-14)20(26)13-29-23(28)19(9-10-30-4)25-22(27)17-7-5-6-8-18(17)24/h5-8,11-12,19H,9-10,13H2,1-4H3,(H,25,27). The van der Waals surface area contributed by atoms with Gasteiger partial charge in [-0.3, -0.25) is 9.59 Å². The first kappa shape index (κ1) is 24.0. The molecule has 160 valence electrons. The van der Waals surface area contributed by atoms with Gasteiger partial charge in [0, 0.05) is 5.56 Å². The number of hydrogen-bond donors (Lipinski definition) is 1. The fraction of sp³-hybridized carbons (Fsp3) is 0.348. The summed E-state index contributed by atoms with van der Waals surface area (Å²) in [6.45, 7) is 5.31. The average Bonchev–Trinajstić information content (AvgIpc) is 2.68. The average molecular weight is 448 g/mol. The number of carbonyl (C=O) groups is 3. The molecule has 2 aromatic rings. The molecule has 0 spiro atoms. The van der Waals surface area contributed by atoms with Crippen LogP contribution in [0.25, 0.3) is 0 Å². The van der Waals surface area contributed by atoms with Crippen LogP contribution in [-0.2, 0) is 9.53 Å². The summed E-state index contributed by atoms with van der Waals surface area (Å²) in [5, 5.41) is 2.98. The highest BCUT2D eigenvalue weighted by Gasteiger charge is 2.25. The number of nitrogens with one attached hydrogen (secondary N) is 1. The smallest absolute Gasteiger partial charge is 0.329 e. The molecule has 0 aliphatic carbocycles. The summed E-state index contributed by atoms with van der Waals surface area (Å²) in [5.74, 6) is -0.716. The maximum atomic E-state index is 12.6. The van der Waals surface area contributed by atoms with Gasteiger partial charge in [0.2, 0.25) is 5.78 Å². The molecule has 0 bridgehead atoms. The Balaban J connectivity index is 2.07. The second-order valence-corrected chi connectivity index (χ2v) is 8.48. The van der Waals surface area contributed by atoms with E-state index in [1.807, 2.05) is 39.2 Å². The van der Waals surface area contributed by atoms with E-state index in [1.165, 1.54) is 0 Å². The van der Waals surface area contributed by atoms with Gasteiger partial charge in [0.15, 0.2) is 6.61 Å². The van der Waals surface area contributed by atoms with Crippen LogP contribution >= 0.6 is 23.4 Å². The molecule has 1 N–H and O–H groups in total. The summed E-state index contributed by atoms with van der Waals surface area (Å²) in [4.78, 5) is 37.8. The third-order valence-electron chi connectivity index (χ3n) is 4.62. The quantitative estimate of drug-likeness (QED) is 0.451. The maximum Gasteiger partial charge on any atom is 0.329 e. The monoisotopic (exact) mass is 447 g/mol. The molecule has 0 aromatic heterocycles. The zero-order valence-corrected chi connectivity index (χ0v) is 19.2. The number of carbonyl (C=O) groups excluding carboxylic acids is 3. The summed E-state index contributed by atoms with van der Waals surface area (Å²) >= 11 is 7.62. The largest absolute Gasteiger partial charge is 0.456 e. The SMILES string of the molecule is CSCCC(NC(=O)c1ccccc1Cl)C(=O)OCC(=O)c1c(C)cc(C)cc1C. The van der Waals surface area contributed by atoms with E-state index in [1.54, 1.807) is 36.0 Å². The minimum absolute atomic E-state index is 0.264. The van der Waals surface area contributed by atoms with Crippen LogP contribution in [0.3, 0.4) is 0 Å². The van der Waals surface area contributed by atoms with E-state index in [4.69, 9.17) is 16.3 Å². The van der Waals surface area contributed by atoms with Gasteiger partial charge < -0.3 is 10.1 Å². The van der Waals surface area contributed by atoms with Gasteiger partial charge in [-0.2, -0.15) is 11.8 Å². The highest BCUT2D eigenvalue weighted by Crippen LogP contribution is 2.18. The molecule has 0 aliphatic heterocycles. The summed E-state index contributed by atoms with van der Waals surface area (Å²) in [6.07, 6.45) is 2.29. The first-order valence-electron chi connectivity index (χ1n) is 9.56. The second kappa shape index (κ2) is 11.2. The molecule has 2 aromatic carbocycles. The van der Waals surface area contributed by atoms with Gasteiger partial charge in [-0.05, 0) is 62.5 Å². The van der Waals surface area contributed by atoms with Crippen LogP contribution in [-0.4, -0.2) is 42.3 Å². The molecule has 1 atom stereocenters. The highest BCUT2D eigenvalue weighted by atomic mass is 35.5. The van der Waals surface area contributed by atoms with Gasteiger partial charge in [0.25, 0.3) is 5.91 Å². The molecule has 5 nitrogen and oxygen atoms in total. The van der Waals surface area contributed by atoms with E-state index < -0.39 is 17.9 Å². The zero-order chi connectivity index (χ0) is 22.3. The minimum atomic E-state index is -0.866. The predicted octanol–water partition coefficient (Wildman–Crippen LogP) is 4.54. The molecule has 2 rings (SSSR count). The molecule has 30 heavy (non-hydrogen) atoms. The third-order valence-corrected chi connectivity index (χ3v) is 5.59. The molecule has 0 heterocycles. The zero-order valence-electron chi connectivity index (χ0n) is 17.6. The fourth-order valence-corrected chi connectivity index (χ4v) is 3.99. The number of benzene rings is 2. The van der Waals surface area contributed by atoms with Crippen molar-refractivity contribution in [3.05, 3.63) is 69.2 Å². The van der Waals surface area contributed by atoms with Crippen LogP contribution in [0, 0.1) is 20.8 Å². The highest BCUT2D eigenvalue weighted by molar-refractivity contribution is 7.98. The van der Waals surface area contributed by atoms with E-state index >= 15 is 0 Å². The van der Waals surface area contributed by atoms with Crippen LogP contribution in [0.4, 0.5) is 0 Å². The predicted molar refractivity (Wildman–Crippen MR) is 122 cm³/mol. The topological polar surface area (TPSA) is 72.5 Å². The number of amides is 1. The van der Waals surface area contributed by atoms with Gasteiger partial charge in [0.1, 0.15) is 6.04 Å². The van der Waals surface area contributed by atoms with Crippen LogP contribution in [0.15, 0.2) is 36.4 Å². The Bertz CT molecular complexity index is 922. The van der Waals surface area contributed by atoms with E-state index in [9.17, 15) is 14.4 Å². The Morgan fingerprint density at radius 1 is 1.10 bits per heavy atom. The van der Waals surface area contributed by atoms with Crippen LogP contribution in [0.5, 0.6) is 0 Å². The van der Waals surface area contributed by atoms with E-state index in [0.717, 1.165) is 16.7 Å². The molecular weight excluding hydrogens is 422 g/mol. The van der Waals surface area contributed by atoms with Crippen LogP contribution < -0.4 is 5.32 Å². The first-order valence-corrected chi connectivity index (χ1v) is 11.3. The summed E-state index contributed by atoms with van der Waals surface area (Å²) in [6, 6.07) is 9.59. The van der Waals surface area contributed by atoms with Crippen LogP contribution in [0.1, 0.15) is 43.8 Å². The van der Waals surface area contributed by atoms with Crippen molar-refractivity contribution in [3.8, 4) is 0 Å². The molecule has 0 radical (unpaired) electrons. The van der Waals surface area contributed by atoms with E-state index in [0.29, 0.717) is 22.8 Å². The van der Waals surface area contributed by atoms with Crippen molar-refractivity contribution in [2.75, 3.05) is 18.6 Å². The summed E-state index contributed by atoms with van der Waals surface area (Å²) in [7, 11) is 0.